The first-order valence-corrected chi connectivity index (χ1v) is 8.75. The summed E-state index contributed by atoms with van der Waals surface area (Å²) < 4.78 is 1.91. The second-order valence-electron chi connectivity index (χ2n) is 7.25. The maximum absolute atomic E-state index is 13.0. The first-order chi connectivity index (χ1) is 11.2. The van der Waals surface area contributed by atoms with Gasteiger partial charge in [-0.1, -0.05) is 0 Å². The van der Waals surface area contributed by atoms with Crippen molar-refractivity contribution in [2.45, 2.75) is 37.8 Å². The smallest absolute Gasteiger partial charge is 0.227 e. The Bertz CT molecular complexity index is 589. The standard InChI is InChI=1S/C16H26N6O.2ClH/c1-20-8-9-21(11-16(20)4-6-17-7-5-16)15(23)13-2-3-14-18-12-19-22(14)10-13;;/h12-13,17H,2-11H2,1H3;2*1H. The average Bonchev–Trinajstić information content (AvgIpc) is 3.05. The summed E-state index contributed by atoms with van der Waals surface area (Å²) >= 11 is 0. The Morgan fingerprint density at radius 2 is 2.04 bits per heavy atom. The van der Waals surface area contributed by atoms with Gasteiger partial charge in [0.25, 0.3) is 0 Å². The minimum Gasteiger partial charge on any atom is -0.339 e. The number of amides is 1. The normalized spacial score (nSPS) is 25.6. The third-order valence-corrected chi connectivity index (χ3v) is 6.00. The van der Waals surface area contributed by atoms with Crippen molar-refractivity contribution < 1.29 is 4.79 Å². The van der Waals surface area contributed by atoms with E-state index in [4.69, 9.17) is 0 Å². The van der Waals surface area contributed by atoms with E-state index in [2.05, 4.69) is 32.2 Å². The molecule has 0 radical (unpaired) electrons. The molecule has 1 spiro atoms. The van der Waals surface area contributed by atoms with E-state index < -0.39 is 0 Å². The largest absolute Gasteiger partial charge is 0.339 e. The molecule has 7 nitrogen and oxygen atoms in total. The van der Waals surface area contributed by atoms with Crippen molar-refractivity contribution in [1.29, 1.82) is 0 Å². The monoisotopic (exact) mass is 390 g/mol. The van der Waals surface area contributed by atoms with Crippen molar-refractivity contribution in [3.05, 3.63) is 12.2 Å². The number of rotatable bonds is 1. The topological polar surface area (TPSA) is 66.3 Å². The molecule has 4 heterocycles. The zero-order valence-corrected chi connectivity index (χ0v) is 16.3. The van der Waals surface area contributed by atoms with E-state index in [0.717, 1.165) is 64.2 Å². The fraction of sp³-hybridized carbons (Fsp3) is 0.812. The quantitative estimate of drug-likeness (QED) is 0.759. The van der Waals surface area contributed by atoms with Crippen molar-refractivity contribution in [3.63, 3.8) is 0 Å². The number of piperazine rings is 1. The Morgan fingerprint density at radius 1 is 1.28 bits per heavy atom. The highest BCUT2D eigenvalue weighted by molar-refractivity contribution is 5.85. The van der Waals surface area contributed by atoms with E-state index >= 15 is 0 Å². The molecule has 1 atom stereocenters. The lowest BCUT2D eigenvalue weighted by molar-refractivity contribution is -0.142. The number of likely N-dealkylation sites (N-methyl/N-ethyl adjacent to an activating group) is 1. The van der Waals surface area contributed by atoms with Gasteiger partial charge in [-0.15, -0.1) is 24.8 Å². The SMILES string of the molecule is CN1CCN(C(=O)C2CCc3ncnn3C2)CC12CCNCC2.Cl.Cl. The number of hydrogen-bond donors (Lipinski definition) is 1. The van der Waals surface area contributed by atoms with Crippen LogP contribution in [0.1, 0.15) is 25.1 Å². The molecule has 1 amide bonds. The third kappa shape index (κ3) is 3.79. The van der Waals surface area contributed by atoms with Crippen LogP contribution in [-0.4, -0.2) is 75.8 Å². The number of nitrogens with one attached hydrogen (secondary N) is 1. The van der Waals surface area contributed by atoms with Gasteiger partial charge >= 0.3 is 0 Å². The molecule has 1 unspecified atom stereocenters. The predicted octanol–water partition coefficient (Wildman–Crippen LogP) is 0.580. The Kier molecular flexibility index (Phi) is 6.70. The van der Waals surface area contributed by atoms with Gasteiger partial charge in [-0.2, -0.15) is 5.10 Å². The van der Waals surface area contributed by atoms with Crippen molar-refractivity contribution >= 4 is 30.7 Å². The van der Waals surface area contributed by atoms with Gasteiger partial charge in [-0.05, 0) is 39.4 Å². The van der Waals surface area contributed by atoms with Gasteiger partial charge in [-0.3, -0.25) is 9.69 Å². The number of nitrogens with zero attached hydrogens (tertiary/aromatic N) is 5. The first-order valence-electron chi connectivity index (χ1n) is 8.75. The van der Waals surface area contributed by atoms with Crippen LogP contribution in [0.4, 0.5) is 0 Å². The Hall–Kier alpha value is -0.890. The molecule has 2 saturated heterocycles. The Morgan fingerprint density at radius 3 is 2.80 bits per heavy atom. The van der Waals surface area contributed by atoms with Gasteiger partial charge in [0.05, 0.1) is 12.5 Å². The maximum atomic E-state index is 13.0. The van der Waals surface area contributed by atoms with Gasteiger partial charge in [0.15, 0.2) is 0 Å². The molecule has 1 aromatic rings. The summed E-state index contributed by atoms with van der Waals surface area (Å²) in [7, 11) is 2.22. The summed E-state index contributed by atoms with van der Waals surface area (Å²) in [5.74, 6) is 1.39. The molecule has 4 rings (SSSR count). The molecule has 9 heteroatoms. The lowest BCUT2D eigenvalue weighted by atomic mass is 9.84. The number of aryl methyl sites for hydroxylation is 1. The van der Waals surface area contributed by atoms with Gasteiger partial charge < -0.3 is 10.2 Å². The number of carbonyl (C=O) groups excluding carboxylic acids is 1. The maximum Gasteiger partial charge on any atom is 0.227 e. The molecule has 0 aliphatic carbocycles. The number of aromatic nitrogens is 3. The summed E-state index contributed by atoms with van der Waals surface area (Å²) in [6, 6.07) is 0. The zero-order valence-electron chi connectivity index (χ0n) is 14.7. The molecule has 1 N–H and O–H groups in total. The number of halogens is 2. The molecule has 1 aromatic heterocycles. The first kappa shape index (κ1) is 20.4. The lowest BCUT2D eigenvalue weighted by Gasteiger charge is -2.52. The molecule has 2 fully saturated rings. The van der Waals surface area contributed by atoms with Crippen LogP contribution in [0.3, 0.4) is 0 Å². The highest BCUT2D eigenvalue weighted by Crippen LogP contribution is 2.31. The second-order valence-corrected chi connectivity index (χ2v) is 7.25. The van der Waals surface area contributed by atoms with Gasteiger partial charge in [-0.25, -0.2) is 9.67 Å². The number of hydrogen-bond acceptors (Lipinski definition) is 5. The minimum atomic E-state index is 0. The summed E-state index contributed by atoms with van der Waals surface area (Å²) in [6.07, 6.45) is 5.62. The Labute approximate surface area is 161 Å². The molecule has 0 aromatic carbocycles. The highest BCUT2D eigenvalue weighted by atomic mass is 35.5. The summed E-state index contributed by atoms with van der Waals surface area (Å²) in [4.78, 5) is 21.9. The molecule has 142 valence electrons. The zero-order chi connectivity index (χ0) is 15.9. The fourth-order valence-electron chi connectivity index (χ4n) is 4.38. The fourth-order valence-corrected chi connectivity index (χ4v) is 4.38. The molecule has 3 aliphatic heterocycles. The molecule has 0 saturated carbocycles. The van der Waals surface area contributed by atoms with Crippen molar-refractivity contribution in [2.24, 2.45) is 5.92 Å². The molecule has 25 heavy (non-hydrogen) atoms. The molecular weight excluding hydrogens is 363 g/mol. The van der Waals surface area contributed by atoms with Gasteiger partial charge in [0.1, 0.15) is 12.2 Å². The van der Waals surface area contributed by atoms with Crippen LogP contribution in [0.2, 0.25) is 0 Å². The van der Waals surface area contributed by atoms with E-state index in [1.54, 1.807) is 6.33 Å². The van der Waals surface area contributed by atoms with E-state index in [1.165, 1.54) is 0 Å². The van der Waals surface area contributed by atoms with Crippen LogP contribution in [-0.2, 0) is 17.8 Å². The minimum absolute atomic E-state index is 0. The Balaban J connectivity index is 0.00000113. The van der Waals surface area contributed by atoms with Crippen molar-refractivity contribution in [2.75, 3.05) is 39.8 Å². The van der Waals surface area contributed by atoms with Crippen LogP contribution < -0.4 is 5.32 Å². The van der Waals surface area contributed by atoms with Crippen LogP contribution in [0.5, 0.6) is 0 Å². The highest BCUT2D eigenvalue weighted by Gasteiger charge is 2.43. The van der Waals surface area contributed by atoms with Crippen LogP contribution in [0.25, 0.3) is 0 Å². The van der Waals surface area contributed by atoms with Crippen molar-refractivity contribution in [1.82, 2.24) is 29.9 Å². The van der Waals surface area contributed by atoms with Gasteiger partial charge in [0, 0.05) is 31.6 Å². The number of carbonyl (C=O) groups is 1. The number of piperidine rings is 1. The van der Waals surface area contributed by atoms with E-state index in [-0.39, 0.29) is 36.3 Å². The number of fused-ring (bicyclic) bond motifs is 1. The summed E-state index contributed by atoms with van der Waals surface area (Å²) in [6.45, 7) is 5.51. The van der Waals surface area contributed by atoms with E-state index in [1.807, 2.05) is 4.68 Å². The van der Waals surface area contributed by atoms with E-state index in [9.17, 15) is 4.79 Å². The predicted molar refractivity (Wildman–Crippen MR) is 100 cm³/mol. The van der Waals surface area contributed by atoms with Crippen LogP contribution >= 0.6 is 24.8 Å². The average molecular weight is 391 g/mol. The molecule has 0 bridgehead atoms. The van der Waals surface area contributed by atoms with E-state index in [0.29, 0.717) is 12.5 Å². The van der Waals surface area contributed by atoms with Crippen molar-refractivity contribution in [3.8, 4) is 0 Å². The third-order valence-electron chi connectivity index (χ3n) is 6.00. The second kappa shape index (κ2) is 8.20. The lowest BCUT2D eigenvalue weighted by Crippen LogP contribution is -2.65. The molecule has 3 aliphatic rings. The van der Waals surface area contributed by atoms with Crippen LogP contribution in [0.15, 0.2) is 6.33 Å². The van der Waals surface area contributed by atoms with Crippen LogP contribution in [0, 0.1) is 5.92 Å². The summed E-state index contributed by atoms with van der Waals surface area (Å²) in [5, 5.41) is 7.69. The van der Waals surface area contributed by atoms with Gasteiger partial charge in [0.2, 0.25) is 5.91 Å². The summed E-state index contributed by atoms with van der Waals surface area (Å²) in [5.41, 5.74) is 0.173. The molecular formula is C16H28Cl2N6O.